The van der Waals surface area contributed by atoms with Crippen LogP contribution >= 0.6 is 0 Å². The van der Waals surface area contributed by atoms with E-state index in [9.17, 15) is 4.79 Å². The van der Waals surface area contributed by atoms with E-state index in [0.717, 1.165) is 17.2 Å². The van der Waals surface area contributed by atoms with Crippen molar-refractivity contribution in [2.45, 2.75) is 52.1 Å². The molecule has 1 unspecified atom stereocenters. The molecule has 1 atom stereocenters. The molecular formula is C20H25NO2. The van der Waals surface area contributed by atoms with Gasteiger partial charge in [-0.3, -0.25) is 4.79 Å². The number of esters is 1. The van der Waals surface area contributed by atoms with Crippen LogP contribution in [0.25, 0.3) is 10.8 Å². The van der Waals surface area contributed by atoms with E-state index in [1.54, 1.807) is 0 Å². The zero-order valence-corrected chi connectivity index (χ0v) is 14.6. The zero-order chi connectivity index (χ0) is 16.8. The fraction of sp³-hybridized carbons (Fsp3) is 0.450. The Morgan fingerprint density at radius 3 is 2.39 bits per heavy atom. The number of aryl methyl sites for hydroxylation is 1. The number of fused-ring (bicyclic) bond motifs is 1. The molecule has 1 aliphatic rings. The fourth-order valence-corrected chi connectivity index (χ4v) is 3.86. The van der Waals surface area contributed by atoms with Crippen molar-refractivity contribution in [3.05, 3.63) is 42.0 Å². The number of benzene rings is 2. The van der Waals surface area contributed by atoms with Gasteiger partial charge in [-0.1, -0.05) is 30.3 Å². The van der Waals surface area contributed by atoms with Gasteiger partial charge in [-0.05, 0) is 58.1 Å². The van der Waals surface area contributed by atoms with Gasteiger partial charge in [-0.25, -0.2) is 0 Å². The average Bonchev–Trinajstić information content (AvgIpc) is 2.68. The Morgan fingerprint density at radius 2 is 1.74 bits per heavy atom. The number of carbonyl (C=O) groups excluding carboxylic acids is 1. The molecule has 3 rings (SSSR count). The highest BCUT2D eigenvalue weighted by molar-refractivity contribution is 5.93. The summed E-state index contributed by atoms with van der Waals surface area (Å²) >= 11 is 0. The lowest BCUT2D eigenvalue weighted by Crippen LogP contribution is -2.47. The van der Waals surface area contributed by atoms with Gasteiger partial charge in [-0.2, -0.15) is 0 Å². The molecule has 1 fully saturated rings. The second kappa shape index (κ2) is 5.34. The third-order valence-electron chi connectivity index (χ3n) is 4.84. The summed E-state index contributed by atoms with van der Waals surface area (Å²) in [6, 6.07) is 12.0. The van der Waals surface area contributed by atoms with Crippen LogP contribution in [-0.4, -0.2) is 17.0 Å². The van der Waals surface area contributed by atoms with Crippen LogP contribution in [0.5, 0.6) is 5.75 Å². The SMILES string of the molecule is Cc1cccc2c(OC(=O)C3CC(C)(C)NC3(C)C)cccc12. The normalized spacial score (nSPS) is 22.2. The molecule has 1 heterocycles. The smallest absolute Gasteiger partial charge is 0.316 e. The molecule has 0 amide bonds. The summed E-state index contributed by atoms with van der Waals surface area (Å²) in [5.41, 5.74) is 0.869. The van der Waals surface area contributed by atoms with Gasteiger partial charge in [0.15, 0.2) is 0 Å². The van der Waals surface area contributed by atoms with Crippen LogP contribution in [0, 0.1) is 12.8 Å². The monoisotopic (exact) mass is 311 g/mol. The van der Waals surface area contributed by atoms with Gasteiger partial charge >= 0.3 is 5.97 Å². The molecule has 2 aromatic carbocycles. The maximum Gasteiger partial charge on any atom is 0.316 e. The molecule has 0 aromatic heterocycles. The van der Waals surface area contributed by atoms with Crippen molar-refractivity contribution in [2.24, 2.45) is 5.92 Å². The van der Waals surface area contributed by atoms with E-state index >= 15 is 0 Å². The Balaban J connectivity index is 1.91. The van der Waals surface area contributed by atoms with Crippen LogP contribution in [-0.2, 0) is 4.79 Å². The number of carbonyl (C=O) groups is 1. The van der Waals surface area contributed by atoms with Crippen molar-refractivity contribution in [1.29, 1.82) is 0 Å². The molecule has 2 aromatic rings. The molecule has 0 radical (unpaired) electrons. The van der Waals surface area contributed by atoms with Crippen LogP contribution in [0.3, 0.4) is 0 Å². The Bertz CT molecular complexity index is 761. The first-order valence-electron chi connectivity index (χ1n) is 8.19. The largest absolute Gasteiger partial charge is 0.426 e. The predicted octanol–water partition coefficient (Wildman–Crippen LogP) is 4.22. The minimum atomic E-state index is -0.263. The average molecular weight is 311 g/mol. The first-order valence-corrected chi connectivity index (χ1v) is 8.19. The summed E-state index contributed by atoms with van der Waals surface area (Å²) in [6.45, 7) is 10.5. The molecule has 1 saturated heterocycles. The summed E-state index contributed by atoms with van der Waals surface area (Å²) in [5.74, 6) is 0.344. The van der Waals surface area contributed by atoms with E-state index in [0.29, 0.717) is 5.75 Å². The van der Waals surface area contributed by atoms with E-state index in [2.05, 4.69) is 52.1 Å². The Kier molecular flexibility index (Phi) is 3.72. The van der Waals surface area contributed by atoms with E-state index < -0.39 is 0 Å². The standard InChI is InChI=1S/C20H25NO2/c1-13-8-6-10-15-14(13)9-7-11-17(15)23-18(22)16-12-19(2,3)21-20(16,4)5/h6-11,16,21H,12H2,1-5H3. The van der Waals surface area contributed by atoms with Crippen molar-refractivity contribution in [1.82, 2.24) is 5.32 Å². The second-order valence-corrected chi connectivity index (χ2v) is 7.83. The highest BCUT2D eigenvalue weighted by Gasteiger charge is 2.48. The Labute approximate surface area is 138 Å². The summed E-state index contributed by atoms with van der Waals surface area (Å²) in [5, 5.41) is 5.65. The maximum atomic E-state index is 12.8. The third-order valence-corrected chi connectivity index (χ3v) is 4.84. The summed E-state index contributed by atoms with van der Waals surface area (Å²) in [6.07, 6.45) is 0.780. The summed E-state index contributed by atoms with van der Waals surface area (Å²) in [7, 11) is 0. The molecule has 23 heavy (non-hydrogen) atoms. The molecule has 3 nitrogen and oxygen atoms in total. The van der Waals surface area contributed by atoms with E-state index in [1.165, 1.54) is 5.56 Å². The Morgan fingerprint density at radius 1 is 1.09 bits per heavy atom. The molecule has 1 N–H and O–H groups in total. The lowest BCUT2D eigenvalue weighted by molar-refractivity contribution is -0.140. The summed E-state index contributed by atoms with van der Waals surface area (Å²) < 4.78 is 5.82. The van der Waals surface area contributed by atoms with E-state index in [4.69, 9.17) is 4.74 Å². The number of nitrogens with one attached hydrogen (secondary N) is 1. The molecule has 0 aliphatic carbocycles. The maximum absolute atomic E-state index is 12.8. The fourth-order valence-electron chi connectivity index (χ4n) is 3.86. The zero-order valence-electron chi connectivity index (χ0n) is 14.6. The lowest BCUT2D eigenvalue weighted by atomic mass is 9.87. The van der Waals surface area contributed by atoms with Gasteiger partial charge in [0, 0.05) is 16.5 Å². The van der Waals surface area contributed by atoms with Crippen LogP contribution < -0.4 is 10.1 Å². The van der Waals surface area contributed by atoms with Crippen molar-refractivity contribution >= 4 is 16.7 Å². The number of rotatable bonds is 2. The van der Waals surface area contributed by atoms with Gasteiger partial charge in [0.2, 0.25) is 0 Å². The quantitative estimate of drug-likeness (QED) is 0.666. The first kappa shape index (κ1) is 16.0. The minimum absolute atomic E-state index is 0.0530. The van der Waals surface area contributed by atoms with Gasteiger partial charge in [-0.15, -0.1) is 0 Å². The van der Waals surface area contributed by atoms with Crippen LogP contribution in [0.1, 0.15) is 39.7 Å². The molecular weight excluding hydrogens is 286 g/mol. The first-order chi connectivity index (χ1) is 10.7. The molecule has 1 aliphatic heterocycles. The molecule has 0 bridgehead atoms. The van der Waals surface area contributed by atoms with Gasteiger partial charge in [0.1, 0.15) is 5.75 Å². The van der Waals surface area contributed by atoms with Crippen molar-refractivity contribution in [3.8, 4) is 5.75 Å². The topological polar surface area (TPSA) is 38.3 Å². The van der Waals surface area contributed by atoms with Crippen LogP contribution in [0.2, 0.25) is 0 Å². The molecule has 0 saturated carbocycles. The molecule has 3 heteroatoms. The third kappa shape index (κ3) is 2.98. The van der Waals surface area contributed by atoms with Crippen molar-refractivity contribution in [3.63, 3.8) is 0 Å². The second-order valence-electron chi connectivity index (χ2n) is 7.83. The van der Waals surface area contributed by atoms with Crippen molar-refractivity contribution < 1.29 is 9.53 Å². The molecule has 0 spiro atoms. The minimum Gasteiger partial charge on any atom is -0.426 e. The summed E-state index contributed by atoms with van der Waals surface area (Å²) in [4.78, 5) is 12.8. The van der Waals surface area contributed by atoms with Crippen molar-refractivity contribution in [2.75, 3.05) is 0 Å². The number of hydrogen-bond acceptors (Lipinski definition) is 3. The number of hydrogen-bond donors (Lipinski definition) is 1. The van der Waals surface area contributed by atoms with Crippen LogP contribution in [0.15, 0.2) is 36.4 Å². The van der Waals surface area contributed by atoms with Crippen LogP contribution in [0.4, 0.5) is 0 Å². The van der Waals surface area contributed by atoms with E-state index in [1.807, 2.05) is 24.3 Å². The number of ether oxygens (including phenoxy) is 1. The van der Waals surface area contributed by atoms with Gasteiger partial charge in [0.25, 0.3) is 0 Å². The highest BCUT2D eigenvalue weighted by atomic mass is 16.5. The van der Waals surface area contributed by atoms with Gasteiger partial charge < -0.3 is 10.1 Å². The van der Waals surface area contributed by atoms with E-state index in [-0.39, 0.29) is 23.0 Å². The highest BCUT2D eigenvalue weighted by Crippen LogP contribution is 2.37. The lowest BCUT2D eigenvalue weighted by Gasteiger charge is -2.27. The predicted molar refractivity (Wildman–Crippen MR) is 93.7 cm³/mol. The molecule has 122 valence electrons. The Hall–Kier alpha value is -1.87. The van der Waals surface area contributed by atoms with Gasteiger partial charge in [0.05, 0.1) is 5.92 Å².